The summed E-state index contributed by atoms with van der Waals surface area (Å²) in [5, 5.41) is 6.62. The SMILES string of the molecule is O=C(COC(=O)c1ccc(=O)n(CCOc2ccccc2)n1)Nc1ccccc1Br. The number of carbonyl (C=O) groups is 2. The summed E-state index contributed by atoms with van der Waals surface area (Å²) in [4.78, 5) is 36.2. The zero-order valence-corrected chi connectivity index (χ0v) is 17.4. The van der Waals surface area contributed by atoms with Gasteiger partial charge < -0.3 is 14.8 Å². The van der Waals surface area contributed by atoms with Gasteiger partial charge in [0.25, 0.3) is 11.5 Å². The molecule has 0 aliphatic rings. The molecule has 0 fully saturated rings. The Bertz CT molecular complexity index is 1090. The third-order valence-corrected chi connectivity index (χ3v) is 4.56. The number of anilines is 1. The van der Waals surface area contributed by atoms with Crippen LogP contribution in [0.25, 0.3) is 0 Å². The van der Waals surface area contributed by atoms with Crippen LogP contribution in [0.1, 0.15) is 10.5 Å². The molecule has 0 atom stereocenters. The normalized spacial score (nSPS) is 10.3. The highest BCUT2D eigenvalue weighted by molar-refractivity contribution is 9.10. The van der Waals surface area contributed by atoms with E-state index >= 15 is 0 Å². The zero-order valence-electron chi connectivity index (χ0n) is 15.8. The maximum Gasteiger partial charge on any atom is 0.359 e. The summed E-state index contributed by atoms with van der Waals surface area (Å²) < 4.78 is 12.3. The number of benzene rings is 2. The predicted octanol–water partition coefficient (Wildman–Crippen LogP) is 2.88. The van der Waals surface area contributed by atoms with Crippen molar-refractivity contribution in [1.29, 1.82) is 0 Å². The van der Waals surface area contributed by atoms with E-state index in [0.29, 0.717) is 15.9 Å². The Morgan fingerprint density at radius 2 is 1.73 bits per heavy atom. The van der Waals surface area contributed by atoms with Crippen molar-refractivity contribution >= 4 is 33.5 Å². The van der Waals surface area contributed by atoms with E-state index in [0.717, 1.165) is 4.68 Å². The standard InChI is InChI=1S/C21H18BrN3O5/c22-16-8-4-5-9-17(16)23-19(26)14-30-21(28)18-10-11-20(27)25(24-18)12-13-29-15-6-2-1-3-7-15/h1-11H,12-14H2,(H,23,26). The lowest BCUT2D eigenvalue weighted by molar-refractivity contribution is -0.119. The number of hydrogen-bond acceptors (Lipinski definition) is 6. The molecule has 1 N–H and O–H groups in total. The molecule has 3 aromatic rings. The van der Waals surface area contributed by atoms with Gasteiger partial charge in [-0.2, -0.15) is 5.10 Å². The Labute approximate surface area is 180 Å². The van der Waals surface area contributed by atoms with Crippen LogP contribution in [0.15, 0.2) is 76.0 Å². The molecule has 0 saturated carbocycles. The van der Waals surface area contributed by atoms with Crippen LogP contribution in [-0.2, 0) is 16.1 Å². The number of hydrogen-bond donors (Lipinski definition) is 1. The number of carbonyl (C=O) groups excluding carboxylic acids is 2. The molecule has 1 amide bonds. The van der Waals surface area contributed by atoms with Gasteiger partial charge in [0.1, 0.15) is 12.4 Å². The molecular formula is C21H18BrN3O5. The summed E-state index contributed by atoms with van der Waals surface area (Å²) >= 11 is 3.32. The third kappa shape index (κ3) is 6.02. The summed E-state index contributed by atoms with van der Waals surface area (Å²) in [5.41, 5.74) is 0.0986. The van der Waals surface area contributed by atoms with Crippen LogP contribution in [0.4, 0.5) is 5.69 Å². The van der Waals surface area contributed by atoms with Crippen molar-refractivity contribution in [2.24, 2.45) is 0 Å². The van der Waals surface area contributed by atoms with Gasteiger partial charge in [0.2, 0.25) is 0 Å². The van der Waals surface area contributed by atoms with Gasteiger partial charge in [-0.15, -0.1) is 0 Å². The van der Waals surface area contributed by atoms with Gasteiger partial charge in [-0.25, -0.2) is 9.48 Å². The van der Waals surface area contributed by atoms with E-state index in [1.54, 1.807) is 30.3 Å². The first-order chi connectivity index (χ1) is 14.5. The van der Waals surface area contributed by atoms with Gasteiger partial charge in [-0.05, 0) is 46.3 Å². The van der Waals surface area contributed by atoms with Gasteiger partial charge in [0.15, 0.2) is 12.3 Å². The van der Waals surface area contributed by atoms with Crippen molar-refractivity contribution in [2.45, 2.75) is 6.54 Å². The van der Waals surface area contributed by atoms with Crippen LogP contribution in [0.3, 0.4) is 0 Å². The minimum absolute atomic E-state index is 0.0806. The fourth-order valence-electron chi connectivity index (χ4n) is 2.44. The van der Waals surface area contributed by atoms with Crippen LogP contribution < -0.4 is 15.6 Å². The molecule has 154 valence electrons. The first-order valence-electron chi connectivity index (χ1n) is 9.00. The summed E-state index contributed by atoms with van der Waals surface area (Å²) in [6.07, 6.45) is 0. The molecule has 0 spiro atoms. The Morgan fingerprint density at radius 3 is 2.50 bits per heavy atom. The number of para-hydroxylation sites is 2. The van der Waals surface area contributed by atoms with E-state index in [-0.39, 0.29) is 24.4 Å². The fourth-order valence-corrected chi connectivity index (χ4v) is 2.82. The third-order valence-electron chi connectivity index (χ3n) is 3.87. The molecule has 1 heterocycles. The Morgan fingerprint density at radius 1 is 1.00 bits per heavy atom. The van der Waals surface area contributed by atoms with Gasteiger partial charge in [-0.1, -0.05) is 30.3 Å². The van der Waals surface area contributed by atoms with Gasteiger partial charge >= 0.3 is 5.97 Å². The molecule has 0 radical (unpaired) electrons. The smallest absolute Gasteiger partial charge is 0.359 e. The number of aromatic nitrogens is 2. The number of halogens is 1. The zero-order chi connectivity index (χ0) is 21.3. The Hall–Kier alpha value is -3.46. The average molecular weight is 472 g/mol. The van der Waals surface area contributed by atoms with Crippen LogP contribution in [0.2, 0.25) is 0 Å². The Balaban J connectivity index is 1.54. The summed E-state index contributed by atoms with van der Waals surface area (Å²) in [6, 6.07) is 18.7. The number of nitrogens with zero attached hydrogens (tertiary/aromatic N) is 2. The van der Waals surface area contributed by atoms with Crippen LogP contribution >= 0.6 is 15.9 Å². The van der Waals surface area contributed by atoms with Crippen LogP contribution in [0, 0.1) is 0 Å². The van der Waals surface area contributed by atoms with E-state index in [2.05, 4.69) is 26.3 Å². The maximum absolute atomic E-state index is 12.2. The number of rotatable bonds is 8. The van der Waals surface area contributed by atoms with Gasteiger partial charge in [-0.3, -0.25) is 9.59 Å². The molecule has 0 aliphatic carbocycles. The summed E-state index contributed by atoms with van der Waals surface area (Å²) in [5.74, 6) is -0.646. The number of amides is 1. The predicted molar refractivity (Wildman–Crippen MR) is 113 cm³/mol. The summed E-state index contributed by atoms with van der Waals surface area (Å²) in [7, 11) is 0. The lowest BCUT2D eigenvalue weighted by Crippen LogP contribution is -2.28. The molecule has 2 aromatic carbocycles. The fraction of sp³-hybridized carbons (Fsp3) is 0.143. The number of ether oxygens (including phenoxy) is 2. The average Bonchev–Trinajstić information content (AvgIpc) is 2.76. The number of esters is 1. The molecule has 0 aliphatic heterocycles. The highest BCUT2D eigenvalue weighted by Crippen LogP contribution is 2.20. The van der Waals surface area contributed by atoms with Crippen molar-refractivity contribution in [2.75, 3.05) is 18.5 Å². The molecule has 8 nitrogen and oxygen atoms in total. The van der Waals surface area contributed by atoms with Crippen LogP contribution in [0.5, 0.6) is 5.75 Å². The molecule has 1 aromatic heterocycles. The molecule has 30 heavy (non-hydrogen) atoms. The van der Waals surface area contributed by atoms with E-state index in [4.69, 9.17) is 9.47 Å². The quantitative estimate of drug-likeness (QED) is 0.507. The second-order valence-corrected chi connectivity index (χ2v) is 6.90. The molecule has 9 heteroatoms. The largest absolute Gasteiger partial charge is 0.492 e. The topological polar surface area (TPSA) is 99.5 Å². The van der Waals surface area contributed by atoms with Crippen molar-refractivity contribution in [3.63, 3.8) is 0 Å². The molecular weight excluding hydrogens is 454 g/mol. The molecule has 0 unspecified atom stereocenters. The highest BCUT2D eigenvalue weighted by Gasteiger charge is 2.14. The minimum atomic E-state index is -0.810. The van der Waals surface area contributed by atoms with E-state index < -0.39 is 18.5 Å². The second kappa shape index (κ2) is 10.4. The van der Waals surface area contributed by atoms with Crippen molar-refractivity contribution in [1.82, 2.24) is 9.78 Å². The molecule has 0 bridgehead atoms. The lowest BCUT2D eigenvalue weighted by Gasteiger charge is -2.09. The van der Waals surface area contributed by atoms with E-state index in [9.17, 15) is 14.4 Å². The monoisotopic (exact) mass is 471 g/mol. The molecule has 0 saturated heterocycles. The van der Waals surface area contributed by atoms with Crippen LogP contribution in [-0.4, -0.2) is 34.9 Å². The van der Waals surface area contributed by atoms with E-state index in [1.807, 2.05) is 24.3 Å². The summed E-state index contributed by atoms with van der Waals surface area (Å²) in [6.45, 7) is -0.140. The van der Waals surface area contributed by atoms with Crippen molar-refractivity contribution < 1.29 is 19.1 Å². The van der Waals surface area contributed by atoms with E-state index in [1.165, 1.54) is 12.1 Å². The maximum atomic E-state index is 12.2. The lowest BCUT2D eigenvalue weighted by atomic mass is 10.3. The first kappa shape index (κ1) is 21.3. The first-order valence-corrected chi connectivity index (χ1v) is 9.80. The Kier molecular flexibility index (Phi) is 7.34. The molecule has 3 rings (SSSR count). The van der Waals surface area contributed by atoms with Crippen molar-refractivity contribution in [3.8, 4) is 5.75 Å². The van der Waals surface area contributed by atoms with Crippen molar-refractivity contribution in [3.05, 3.63) is 87.3 Å². The highest BCUT2D eigenvalue weighted by atomic mass is 79.9. The van der Waals surface area contributed by atoms with Gasteiger partial charge in [0.05, 0.1) is 12.2 Å². The second-order valence-electron chi connectivity index (χ2n) is 6.05. The van der Waals surface area contributed by atoms with Gasteiger partial charge in [0, 0.05) is 10.5 Å². The number of nitrogens with one attached hydrogen (secondary N) is 1. The minimum Gasteiger partial charge on any atom is -0.492 e.